The van der Waals surface area contributed by atoms with Crippen LogP contribution in [0.1, 0.15) is 10.6 Å². The summed E-state index contributed by atoms with van der Waals surface area (Å²) in [5.41, 5.74) is 1.54. The molecule has 0 aliphatic rings. The highest BCUT2D eigenvalue weighted by Gasteiger charge is 2.10. The van der Waals surface area contributed by atoms with E-state index in [1.807, 2.05) is 13.0 Å². The van der Waals surface area contributed by atoms with Gasteiger partial charge in [-0.1, -0.05) is 29.0 Å². The summed E-state index contributed by atoms with van der Waals surface area (Å²) in [5, 5.41) is 15.0. The molecule has 0 radical (unpaired) electrons. The number of carbonyl (C=O) groups is 1. The van der Waals surface area contributed by atoms with Gasteiger partial charge in [-0.25, -0.2) is 4.79 Å². The van der Waals surface area contributed by atoms with E-state index < -0.39 is 6.03 Å². The molecule has 2 aromatic carbocycles. The molecule has 2 amide bonds. The minimum absolute atomic E-state index is 0.248. The number of nitrogens with zero attached hydrogens (tertiary/aromatic N) is 2. The molecule has 3 rings (SSSR count). The third kappa shape index (κ3) is 5.32. The number of carbonyl (C=O) groups excluding carboxylic acids is 1. The van der Waals surface area contributed by atoms with Gasteiger partial charge >= 0.3 is 6.03 Å². The minimum atomic E-state index is -0.416. The fourth-order valence-corrected chi connectivity index (χ4v) is 2.94. The van der Waals surface area contributed by atoms with Crippen LogP contribution in [0.5, 0.6) is 11.5 Å². The topological polar surface area (TPSA) is 85.4 Å². The number of hydrogen-bond donors (Lipinski definition) is 2. The SMILES string of the molecule is COc1cccc(NC(=O)Nc2nnc(COc3ccc(Cl)c(C)c3)s2)c1. The number of hydrogen-bond acceptors (Lipinski definition) is 6. The lowest BCUT2D eigenvalue weighted by Gasteiger charge is -2.06. The molecule has 9 heteroatoms. The van der Waals surface area contributed by atoms with E-state index in [9.17, 15) is 4.79 Å². The van der Waals surface area contributed by atoms with Gasteiger partial charge in [0.1, 0.15) is 18.1 Å². The second-order valence-corrected chi connectivity index (χ2v) is 6.98. The Bertz CT molecular complexity index is 948. The molecular formula is C18H17ClN4O3S. The smallest absolute Gasteiger partial charge is 0.325 e. The van der Waals surface area contributed by atoms with E-state index in [0.29, 0.717) is 32.3 Å². The molecule has 1 heterocycles. The first kappa shape index (κ1) is 18.9. The minimum Gasteiger partial charge on any atom is -0.497 e. The second-order valence-electron chi connectivity index (χ2n) is 5.51. The van der Waals surface area contributed by atoms with Crippen molar-refractivity contribution in [3.05, 3.63) is 58.1 Å². The van der Waals surface area contributed by atoms with Crippen molar-refractivity contribution in [2.45, 2.75) is 13.5 Å². The zero-order chi connectivity index (χ0) is 19.2. The second kappa shape index (κ2) is 8.70. The quantitative estimate of drug-likeness (QED) is 0.620. The van der Waals surface area contributed by atoms with E-state index in [4.69, 9.17) is 21.1 Å². The standard InChI is InChI=1S/C18H17ClN4O3S/c1-11-8-14(6-7-15(11)19)26-10-16-22-23-18(27-16)21-17(24)20-12-4-3-5-13(9-12)25-2/h3-9H,10H2,1-2H3,(H2,20,21,23,24). The Morgan fingerprint density at radius 3 is 2.78 bits per heavy atom. The van der Waals surface area contributed by atoms with Crippen LogP contribution in [0.15, 0.2) is 42.5 Å². The number of ether oxygens (including phenoxy) is 2. The summed E-state index contributed by atoms with van der Waals surface area (Å²) in [7, 11) is 1.56. The zero-order valence-electron chi connectivity index (χ0n) is 14.7. The summed E-state index contributed by atoms with van der Waals surface area (Å²) in [6.45, 7) is 2.15. The van der Waals surface area contributed by atoms with Crippen LogP contribution in [-0.4, -0.2) is 23.3 Å². The largest absolute Gasteiger partial charge is 0.497 e. The molecule has 0 spiro atoms. The highest BCUT2D eigenvalue weighted by atomic mass is 35.5. The van der Waals surface area contributed by atoms with Crippen molar-refractivity contribution >= 4 is 39.8 Å². The third-order valence-electron chi connectivity index (χ3n) is 3.51. The molecule has 0 bridgehead atoms. The molecule has 0 saturated heterocycles. The number of methoxy groups -OCH3 is 1. The number of amides is 2. The van der Waals surface area contributed by atoms with Crippen molar-refractivity contribution < 1.29 is 14.3 Å². The predicted octanol–water partition coefficient (Wildman–Crippen LogP) is 4.73. The molecule has 2 N–H and O–H groups in total. The van der Waals surface area contributed by atoms with Crippen LogP contribution in [0.4, 0.5) is 15.6 Å². The maximum atomic E-state index is 12.1. The lowest BCUT2D eigenvalue weighted by Crippen LogP contribution is -2.19. The van der Waals surface area contributed by atoms with Crippen LogP contribution in [0.3, 0.4) is 0 Å². The van der Waals surface area contributed by atoms with Gasteiger partial charge in [0.25, 0.3) is 0 Å². The average Bonchev–Trinajstić information content (AvgIpc) is 3.10. The van der Waals surface area contributed by atoms with Gasteiger partial charge in [0.2, 0.25) is 5.13 Å². The van der Waals surface area contributed by atoms with Gasteiger partial charge in [-0.3, -0.25) is 5.32 Å². The van der Waals surface area contributed by atoms with Gasteiger partial charge < -0.3 is 14.8 Å². The fourth-order valence-electron chi connectivity index (χ4n) is 2.17. The first-order valence-electron chi connectivity index (χ1n) is 7.97. The van der Waals surface area contributed by atoms with E-state index >= 15 is 0 Å². The molecular weight excluding hydrogens is 388 g/mol. The summed E-state index contributed by atoms with van der Waals surface area (Å²) >= 11 is 7.23. The number of nitrogens with one attached hydrogen (secondary N) is 2. The molecule has 0 aliphatic carbocycles. The van der Waals surface area contributed by atoms with Gasteiger partial charge in [-0.05, 0) is 42.8 Å². The molecule has 140 valence electrons. The van der Waals surface area contributed by atoms with Gasteiger partial charge in [-0.2, -0.15) is 0 Å². The first-order chi connectivity index (χ1) is 13.0. The highest BCUT2D eigenvalue weighted by molar-refractivity contribution is 7.15. The van der Waals surface area contributed by atoms with Crippen LogP contribution < -0.4 is 20.1 Å². The molecule has 0 saturated carbocycles. The van der Waals surface area contributed by atoms with Gasteiger partial charge in [0, 0.05) is 16.8 Å². The summed E-state index contributed by atoms with van der Waals surface area (Å²) in [5.74, 6) is 1.35. The molecule has 0 aliphatic heterocycles. The van der Waals surface area contributed by atoms with Crippen LogP contribution >= 0.6 is 22.9 Å². The molecule has 0 atom stereocenters. The Kier molecular flexibility index (Phi) is 6.10. The number of rotatable bonds is 6. The first-order valence-corrected chi connectivity index (χ1v) is 9.16. The number of urea groups is 1. The van der Waals surface area contributed by atoms with Crippen molar-refractivity contribution in [2.24, 2.45) is 0 Å². The third-order valence-corrected chi connectivity index (χ3v) is 4.74. The number of benzene rings is 2. The van der Waals surface area contributed by atoms with Crippen LogP contribution in [-0.2, 0) is 6.61 Å². The lowest BCUT2D eigenvalue weighted by atomic mass is 10.2. The molecule has 3 aromatic rings. The lowest BCUT2D eigenvalue weighted by molar-refractivity contribution is 0.262. The van der Waals surface area contributed by atoms with Crippen molar-refractivity contribution in [2.75, 3.05) is 17.7 Å². The fraction of sp³-hybridized carbons (Fsp3) is 0.167. The average molecular weight is 405 g/mol. The van der Waals surface area contributed by atoms with Gasteiger partial charge in [0.15, 0.2) is 5.01 Å². The van der Waals surface area contributed by atoms with Crippen molar-refractivity contribution in [1.29, 1.82) is 0 Å². The molecule has 1 aromatic heterocycles. The Balaban J connectivity index is 1.53. The van der Waals surface area contributed by atoms with Crippen molar-refractivity contribution in [3.63, 3.8) is 0 Å². The van der Waals surface area contributed by atoms with E-state index in [1.54, 1.807) is 43.5 Å². The van der Waals surface area contributed by atoms with Crippen LogP contribution in [0.2, 0.25) is 5.02 Å². The van der Waals surface area contributed by atoms with Gasteiger partial charge in [-0.15, -0.1) is 10.2 Å². The maximum Gasteiger partial charge on any atom is 0.325 e. The molecule has 7 nitrogen and oxygen atoms in total. The van der Waals surface area contributed by atoms with Crippen LogP contribution in [0, 0.1) is 6.92 Å². The van der Waals surface area contributed by atoms with E-state index in [-0.39, 0.29) is 6.61 Å². The van der Waals surface area contributed by atoms with Crippen molar-refractivity contribution in [3.8, 4) is 11.5 Å². The summed E-state index contributed by atoms with van der Waals surface area (Å²) in [6.07, 6.45) is 0. The summed E-state index contributed by atoms with van der Waals surface area (Å²) in [4.78, 5) is 12.1. The van der Waals surface area contributed by atoms with E-state index in [0.717, 1.165) is 5.56 Å². The van der Waals surface area contributed by atoms with E-state index in [2.05, 4.69) is 20.8 Å². The van der Waals surface area contributed by atoms with Crippen molar-refractivity contribution in [1.82, 2.24) is 10.2 Å². The van der Waals surface area contributed by atoms with Gasteiger partial charge in [0.05, 0.1) is 7.11 Å². The normalized spacial score (nSPS) is 10.3. The zero-order valence-corrected chi connectivity index (χ0v) is 16.2. The number of halogens is 1. The Morgan fingerprint density at radius 1 is 1.15 bits per heavy atom. The molecule has 0 unspecified atom stereocenters. The monoisotopic (exact) mass is 404 g/mol. The molecule has 0 fully saturated rings. The number of anilines is 2. The highest BCUT2D eigenvalue weighted by Crippen LogP contribution is 2.23. The Morgan fingerprint density at radius 2 is 2.00 bits per heavy atom. The number of aromatic nitrogens is 2. The van der Waals surface area contributed by atoms with E-state index in [1.165, 1.54) is 11.3 Å². The number of aryl methyl sites for hydroxylation is 1. The Labute approximate surface area is 165 Å². The maximum absolute atomic E-state index is 12.1. The molecule has 27 heavy (non-hydrogen) atoms. The predicted molar refractivity (Wildman–Crippen MR) is 106 cm³/mol. The summed E-state index contributed by atoms with van der Waals surface area (Å²) < 4.78 is 10.8. The van der Waals surface area contributed by atoms with Crippen LogP contribution in [0.25, 0.3) is 0 Å². The Hall–Kier alpha value is -2.84. The summed E-state index contributed by atoms with van der Waals surface area (Å²) in [6, 6.07) is 12.1.